The van der Waals surface area contributed by atoms with Crippen molar-refractivity contribution in [2.75, 3.05) is 39.6 Å². The van der Waals surface area contributed by atoms with Crippen LogP contribution in [0.3, 0.4) is 0 Å². The van der Waals surface area contributed by atoms with Crippen LogP contribution in [0.4, 0.5) is 0 Å². The molecule has 0 radical (unpaired) electrons. The summed E-state index contributed by atoms with van der Waals surface area (Å²) in [7, 11) is -9.91. The third-order valence-corrected chi connectivity index (χ3v) is 20.5. The van der Waals surface area contributed by atoms with Gasteiger partial charge < -0.3 is 33.8 Å². The molecule has 0 heterocycles. The van der Waals surface area contributed by atoms with Crippen LogP contribution in [0.15, 0.2) is 0 Å². The lowest BCUT2D eigenvalue weighted by Gasteiger charge is -2.21. The van der Waals surface area contributed by atoms with E-state index in [1.165, 1.54) is 225 Å². The average Bonchev–Trinajstić information content (AvgIpc) is 1.02. The minimum atomic E-state index is -4.96. The van der Waals surface area contributed by atoms with Gasteiger partial charge in [-0.1, -0.05) is 362 Å². The molecule has 0 saturated carbocycles. The molecule has 3 unspecified atom stereocenters. The topological polar surface area (TPSA) is 237 Å². The van der Waals surface area contributed by atoms with Gasteiger partial charge in [-0.25, -0.2) is 9.13 Å². The molecule has 0 aromatic carbocycles. The quantitative estimate of drug-likeness (QED) is 0.0222. The molecule has 0 aromatic heterocycles. The lowest BCUT2D eigenvalue weighted by molar-refractivity contribution is -0.161. The van der Waals surface area contributed by atoms with Crippen LogP contribution >= 0.6 is 15.6 Å². The Morgan fingerprint density at radius 2 is 0.495 bits per heavy atom. The zero-order valence-corrected chi connectivity index (χ0v) is 65.0. The van der Waals surface area contributed by atoms with E-state index in [9.17, 15) is 43.2 Å². The Morgan fingerprint density at radius 3 is 0.732 bits per heavy atom. The van der Waals surface area contributed by atoms with E-state index in [0.29, 0.717) is 25.7 Å². The highest BCUT2D eigenvalue weighted by Crippen LogP contribution is 2.45. The molecule has 19 heteroatoms. The molecule has 0 aromatic rings. The van der Waals surface area contributed by atoms with Gasteiger partial charge in [0.15, 0.2) is 12.2 Å². The van der Waals surface area contributed by atoms with Gasteiger partial charge in [0, 0.05) is 25.7 Å². The number of aliphatic hydroxyl groups excluding tert-OH is 1. The molecule has 0 aliphatic heterocycles. The van der Waals surface area contributed by atoms with Crippen molar-refractivity contribution >= 4 is 39.5 Å². The normalized spacial score (nSPS) is 14.2. The van der Waals surface area contributed by atoms with Gasteiger partial charge in [-0.3, -0.25) is 37.3 Å². The Bertz CT molecular complexity index is 1860. The Labute approximate surface area is 594 Å². The van der Waals surface area contributed by atoms with Crippen LogP contribution in [0.1, 0.15) is 413 Å². The smallest absolute Gasteiger partial charge is 0.462 e. The third kappa shape index (κ3) is 70.9. The summed E-state index contributed by atoms with van der Waals surface area (Å²) in [5, 5.41) is 10.6. The number of esters is 4. The Morgan fingerprint density at radius 1 is 0.289 bits per heavy atom. The summed E-state index contributed by atoms with van der Waals surface area (Å²) in [6.07, 6.45) is 61.3. The maximum absolute atomic E-state index is 13.1. The number of ether oxygens (including phenoxy) is 4. The molecule has 0 rings (SSSR count). The summed E-state index contributed by atoms with van der Waals surface area (Å²) in [5.74, 6) is -1.35. The number of phosphoric ester groups is 2. The van der Waals surface area contributed by atoms with Crippen LogP contribution in [-0.4, -0.2) is 96.7 Å². The largest absolute Gasteiger partial charge is 0.472 e. The molecule has 0 bridgehead atoms. The molecule has 97 heavy (non-hydrogen) atoms. The van der Waals surface area contributed by atoms with E-state index in [1.54, 1.807) is 0 Å². The number of aliphatic hydroxyl groups is 1. The zero-order valence-electron chi connectivity index (χ0n) is 63.2. The summed E-state index contributed by atoms with van der Waals surface area (Å²) in [6.45, 7) is 7.25. The number of phosphoric acid groups is 2. The summed E-state index contributed by atoms with van der Waals surface area (Å²) in [5.41, 5.74) is 0. The fourth-order valence-electron chi connectivity index (χ4n) is 12.0. The number of carbonyl (C=O) groups is 4. The Kier molecular flexibility index (Phi) is 69.6. The van der Waals surface area contributed by atoms with Gasteiger partial charge in [0.05, 0.1) is 26.4 Å². The van der Waals surface area contributed by atoms with Crippen LogP contribution in [0, 0.1) is 5.92 Å². The van der Waals surface area contributed by atoms with Crippen molar-refractivity contribution in [1.82, 2.24) is 0 Å². The fraction of sp³-hybridized carbons (Fsp3) is 0.949. The van der Waals surface area contributed by atoms with Crippen LogP contribution in [-0.2, 0) is 65.4 Å². The first-order chi connectivity index (χ1) is 47.1. The van der Waals surface area contributed by atoms with Crippen LogP contribution in [0.2, 0.25) is 0 Å². The Hall–Kier alpha value is -1.94. The molecule has 0 amide bonds. The highest BCUT2D eigenvalue weighted by atomic mass is 31.2. The van der Waals surface area contributed by atoms with Crippen molar-refractivity contribution < 1.29 is 80.2 Å². The predicted molar refractivity (Wildman–Crippen MR) is 395 cm³/mol. The van der Waals surface area contributed by atoms with E-state index >= 15 is 0 Å². The number of carbonyl (C=O) groups excluding carboxylic acids is 4. The minimum Gasteiger partial charge on any atom is -0.462 e. The predicted octanol–water partition coefficient (Wildman–Crippen LogP) is 23.3. The fourth-order valence-corrected chi connectivity index (χ4v) is 13.6. The first-order valence-corrected chi connectivity index (χ1v) is 43.7. The van der Waals surface area contributed by atoms with Crippen LogP contribution in [0.25, 0.3) is 0 Å². The van der Waals surface area contributed by atoms with Crippen molar-refractivity contribution in [3.63, 3.8) is 0 Å². The van der Waals surface area contributed by atoms with Crippen molar-refractivity contribution in [1.29, 1.82) is 0 Å². The summed E-state index contributed by atoms with van der Waals surface area (Å²) < 4.78 is 68.5. The SMILES string of the molecule is CCCCCCCCCCCCCCCCCCCCCCCCC(=O)O[C@H](COC(=O)CCCCCCCCCCCCCCCCCC)COP(=O)(O)OC[C@@H](O)COP(=O)(O)OC[C@@H](COC(=O)CCCCCCCCC)OC(=O)CCCCCCCCCCC(C)CC. The molecule has 0 aliphatic rings. The lowest BCUT2D eigenvalue weighted by atomic mass is 9.99. The summed E-state index contributed by atoms with van der Waals surface area (Å²) >= 11 is 0. The summed E-state index contributed by atoms with van der Waals surface area (Å²) in [4.78, 5) is 72.7. The van der Waals surface area contributed by atoms with E-state index in [4.69, 9.17) is 37.0 Å². The molecule has 0 spiro atoms. The maximum atomic E-state index is 13.1. The first kappa shape index (κ1) is 95.1. The molecule has 0 aliphatic carbocycles. The van der Waals surface area contributed by atoms with Crippen molar-refractivity contribution in [2.45, 2.75) is 432 Å². The second-order valence-corrected chi connectivity index (χ2v) is 31.3. The molecular formula is C78H152O17P2. The number of unbranched alkanes of at least 4 members (excludes halogenated alkanes) is 49. The highest BCUT2D eigenvalue weighted by Gasteiger charge is 2.30. The van der Waals surface area contributed by atoms with E-state index in [-0.39, 0.29) is 25.7 Å². The molecule has 6 atom stereocenters. The second-order valence-electron chi connectivity index (χ2n) is 28.3. The van der Waals surface area contributed by atoms with E-state index < -0.39 is 97.5 Å². The van der Waals surface area contributed by atoms with E-state index in [1.807, 2.05) is 0 Å². The van der Waals surface area contributed by atoms with Gasteiger partial charge in [0.25, 0.3) is 0 Å². The lowest BCUT2D eigenvalue weighted by Crippen LogP contribution is -2.30. The third-order valence-electron chi connectivity index (χ3n) is 18.6. The molecule has 17 nitrogen and oxygen atoms in total. The summed E-state index contributed by atoms with van der Waals surface area (Å²) in [6, 6.07) is 0. The van der Waals surface area contributed by atoms with Gasteiger partial charge in [-0.2, -0.15) is 0 Å². The van der Waals surface area contributed by atoms with Crippen LogP contribution < -0.4 is 0 Å². The average molecular weight is 1420 g/mol. The standard InChI is InChI=1S/C78H152O17P2/c1-6-10-13-16-19-21-23-25-27-29-30-31-32-33-34-36-38-40-42-48-53-58-63-77(82)94-74(68-89-76(81)62-57-52-47-41-39-37-35-28-26-24-22-20-17-14-11-7-2)70-93-97(86,87)91-66-72(79)65-90-96(84,85)92-69-73(67-88-75(80)61-56-51-45-18-15-12-8-3)95-78(83)64-59-54-49-44-43-46-50-55-60-71(5)9-4/h71-74,79H,6-70H2,1-5H3,(H,84,85)(H,86,87)/t71?,72-,73+,74+/m0/s1. The molecule has 0 saturated heterocycles. The molecule has 3 N–H and O–H groups in total. The van der Waals surface area contributed by atoms with Crippen molar-refractivity contribution in [3.05, 3.63) is 0 Å². The first-order valence-electron chi connectivity index (χ1n) is 40.7. The maximum Gasteiger partial charge on any atom is 0.472 e. The molecule has 576 valence electrons. The van der Waals surface area contributed by atoms with Crippen LogP contribution in [0.5, 0.6) is 0 Å². The second kappa shape index (κ2) is 71.1. The zero-order chi connectivity index (χ0) is 71.2. The molecular weight excluding hydrogens is 1270 g/mol. The van der Waals surface area contributed by atoms with Gasteiger partial charge in [-0.15, -0.1) is 0 Å². The number of rotatable bonds is 78. The monoisotopic (exact) mass is 1420 g/mol. The van der Waals surface area contributed by atoms with E-state index in [0.717, 1.165) is 109 Å². The highest BCUT2D eigenvalue weighted by molar-refractivity contribution is 7.47. The van der Waals surface area contributed by atoms with Crippen molar-refractivity contribution in [3.8, 4) is 0 Å². The van der Waals surface area contributed by atoms with E-state index in [2.05, 4.69) is 34.6 Å². The number of hydrogen-bond acceptors (Lipinski definition) is 15. The van der Waals surface area contributed by atoms with Gasteiger partial charge >= 0.3 is 39.5 Å². The minimum absolute atomic E-state index is 0.105. The Balaban J connectivity index is 5.16. The van der Waals surface area contributed by atoms with Crippen molar-refractivity contribution in [2.24, 2.45) is 5.92 Å². The number of hydrogen-bond donors (Lipinski definition) is 3. The van der Waals surface area contributed by atoms with Gasteiger partial charge in [0.1, 0.15) is 19.3 Å². The van der Waals surface area contributed by atoms with Gasteiger partial charge in [0.2, 0.25) is 0 Å². The van der Waals surface area contributed by atoms with Gasteiger partial charge in [-0.05, 0) is 31.6 Å². The molecule has 0 fully saturated rings.